The predicted octanol–water partition coefficient (Wildman–Crippen LogP) is 13.9. The number of hydrogen-bond donors (Lipinski definition) is 0. The Hall–Kier alpha value is -6.45. The van der Waals surface area contributed by atoms with E-state index in [4.69, 9.17) is 15.0 Å². The lowest BCUT2D eigenvalue weighted by atomic mass is 9.63. The Labute approximate surface area is 330 Å². The summed E-state index contributed by atoms with van der Waals surface area (Å²) in [4.78, 5) is 16.0. The highest BCUT2D eigenvalue weighted by Crippen LogP contribution is 2.47. The summed E-state index contributed by atoms with van der Waals surface area (Å²) in [7, 11) is 0. The summed E-state index contributed by atoms with van der Waals surface area (Å²) in [6.45, 7) is 9.48. The monoisotopic (exact) mass is 723 g/mol. The van der Waals surface area contributed by atoms with Crippen molar-refractivity contribution in [3.63, 3.8) is 0 Å². The Morgan fingerprint density at radius 1 is 0.286 bits per heavy atom. The molecule has 56 heavy (non-hydrogen) atoms. The first-order valence-corrected chi connectivity index (χ1v) is 19.6. The van der Waals surface area contributed by atoms with E-state index in [9.17, 15) is 0 Å². The van der Waals surface area contributed by atoms with Crippen LogP contribution >= 0.6 is 0 Å². The molecule has 0 amide bonds. The molecule has 0 bridgehead atoms. The molecule has 0 unspecified atom stereocenters. The third kappa shape index (κ3) is 6.97. The highest BCUT2D eigenvalue weighted by Gasteiger charge is 2.37. The van der Waals surface area contributed by atoms with E-state index in [1.807, 2.05) is 0 Å². The van der Waals surface area contributed by atoms with Crippen LogP contribution in [-0.2, 0) is 10.8 Å². The van der Waals surface area contributed by atoms with Crippen molar-refractivity contribution in [2.75, 3.05) is 0 Å². The summed E-state index contributed by atoms with van der Waals surface area (Å²) in [5, 5.41) is 0. The van der Waals surface area contributed by atoms with Crippen LogP contribution in [0, 0.1) is 0 Å². The van der Waals surface area contributed by atoms with Crippen LogP contribution in [0.15, 0.2) is 176 Å². The molecule has 0 aliphatic heterocycles. The van der Waals surface area contributed by atoms with Crippen LogP contribution in [0.4, 0.5) is 0 Å². The Balaban J connectivity index is 1.30. The van der Waals surface area contributed by atoms with E-state index in [0.717, 1.165) is 74.0 Å². The van der Waals surface area contributed by atoms with Gasteiger partial charge < -0.3 is 0 Å². The summed E-state index contributed by atoms with van der Waals surface area (Å²) in [5.74, 6) is 1.96. The van der Waals surface area contributed by atoms with Crippen molar-refractivity contribution in [1.29, 1.82) is 0 Å². The van der Waals surface area contributed by atoms with Gasteiger partial charge in [-0.1, -0.05) is 161 Å². The Morgan fingerprint density at radius 3 is 0.946 bits per heavy atom. The first-order valence-electron chi connectivity index (χ1n) is 19.6. The average Bonchev–Trinajstić information content (AvgIpc) is 3.26. The molecule has 0 saturated carbocycles. The number of nitrogens with zero attached hydrogens (tertiary/aromatic N) is 3. The van der Waals surface area contributed by atoms with Crippen molar-refractivity contribution >= 4 is 0 Å². The molecule has 0 fully saturated rings. The molecule has 0 spiro atoms. The molecule has 3 nitrogen and oxygen atoms in total. The average molecular weight is 724 g/mol. The second-order valence-electron chi connectivity index (χ2n) is 16.4. The van der Waals surface area contributed by atoms with E-state index in [-0.39, 0.29) is 10.8 Å². The zero-order chi connectivity index (χ0) is 38.3. The highest BCUT2D eigenvalue weighted by molar-refractivity contribution is 5.83. The smallest absolute Gasteiger partial charge is 0.164 e. The van der Waals surface area contributed by atoms with Gasteiger partial charge in [-0.15, -0.1) is 0 Å². The van der Waals surface area contributed by atoms with Crippen LogP contribution in [0.1, 0.15) is 51.7 Å². The van der Waals surface area contributed by atoms with E-state index in [1.165, 1.54) is 11.1 Å². The number of benzene rings is 7. The van der Waals surface area contributed by atoms with Gasteiger partial charge in [0.05, 0.1) is 0 Å². The fourth-order valence-corrected chi connectivity index (χ4v) is 8.19. The van der Waals surface area contributed by atoms with Crippen molar-refractivity contribution < 1.29 is 0 Å². The lowest BCUT2D eigenvalue weighted by Crippen LogP contribution is -2.33. The summed E-state index contributed by atoms with van der Waals surface area (Å²) in [5.41, 5.74) is 14.8. The normalized spacial score (nSPS) is 14.2. The van der Waals surface area contributed by atoms with Crippen LogP contribution < -0.4 is 0 Å². The van der Waals surface area contributed by atoms with Crippen LogP contribution in [0.2, 0.25) is 0 Å². The molecular formula is C53H45N3. The van der Waals surface area contributed by atoms with E-state index >= 15 is 0 Å². The second kappa shape index (κ2) is 14.3. The molecule has 1 aliphatic rings. The Kier molecular flexibility index (Phi) is 9.02. The largest absolute Gasteiger partial charge is 0.208 e. The number of rotatable bonds is 7. The number of hydrogen-bond acceptors (Lipinski definition) is 3. The van der Waals surface area contributed by atoms with E-state index in [2.05, 4.69) is 204 Å². The summed E-state index contributed by atoms with van der Waals surface area (Å²) in [6.07, 6.45) is 2.29. The maximum Gasteiger partial charge on any atom is 0.164 e. The van der Waals surface area contributed by atoms with Crippen LogP contribution in [0.25, 0.3) is 78.7 Å². The SMILES string of the molecule is CC1(C)CCC(C)(C)c2cc(-c3nc(-c4cc(-c5ccccc5)cc(-c5ccccc5)c4)nc(-c4cc(-c5ccccc5)cc(-c5ccccc5)c4)n3)ccc21. The molecule has 272 valence electrons. The summed E-state index contributed by atoms with van der Waals surface area (Å²) < 4.78 is 0. The van der Waals surface area contributed by atoms with Crippen molar-refractivity contribution in [3.05, 3.63) is 187 Å². The van der Waals surface area contributed by atoms with Crippen LogP contribution in [0.3, 0.4) is 0 Å². The van der Waals surface area contributed by atoms with Gasteiger partial charge >= 0.3 is 0 Å². The van der Waals surface area contributed by atoms with E-state index in [0.29, 0.717) is 17.5 Å². The maximum absolute atomic E-state index is 5.36. The van der Waals surface area contributed by atoms with E-state index < -0.39 is 0 Å². The summed E-state index contributed by atoms with van der Waals surface area (Å²) >= 11 is 0. The van der Waals surface area contributed by atoms with Gasteiger partial charge in [-0.2, -0.15) is 0 Å². The van der Waals surface area contributed by atoms with Crippen LogP contribution in [0.5, 0.6) is 0 Å². The lowest BCUT2D eigenvalue weighted by molar-refractivity contribution is 0.332. The third-order valence-electron chi connectivity index (χ3n) is 11.6. The van der Waals surface area contributed by atoms with Gasteiger partial charge in [0, 0.05) is 16.7 Å². The van der Waals surface area contributed by atoms with Gasteiger partial charge in [-0.25, -0.2) is 15.0 Å². The Bertz CT molecular complexity index is 2400. The van der Waals surface area contributed by atoms with Gasteiger partial charge in [-0.05, 0) is 122 Å². The minimum absolute atomic E-state index is 0.0444. The second-order valence-corrected chi connectivity index (χ2v) is 16.4. The fourth-order valence-electron chi connectivity index (χ4n) is 8.19. The van der Waals surface area contributed by atoms with Gasteiger partial charge in [0.2, 0.25) is 0 Å². The highest BCUT2D eigenvalue weighted by atomic mass is 15.0. The van der Waals surface area contributed by atoms with Crippen LogP contribution in [-0.4, -0.2) is 15.0 Å². The van der Waals surface area contributed by atoms with Gasteiger partial charge in [0.1, 0.15) is 0 Å². The number of aromatic nitrogens is 3. The molecule has 8 aromatic rings. The fraction of sp³-hybridized carbons (Fsp3) is 0.151. The van der Waals surface area contributed by atoms with Gasteiger partial charge in [0.15, 0.2) is 17.5 Å². The standard InChI is InChI=1S/C53H45N3/c1-52(2)27-28-53(3,4)48-35-40(25-26-47(48)52)49-54-50(45-31-41(36-17-9-5-10-18-36)29-42(32-45)37-19-11-6-12-20-37)56-51(55-49)46-33-43(38-21-13-7-14-22-38)30-44(34-46)39-23-15-8-16-24-39/h5-26,29-35H,27-28H2,1-4H3. The zero-order valence-corrected chi connectivity index (χ0v) is 32.5. The molecule has 1 heterocycles. The first kappa shape index (κ1) is 35.3. The predicted molar refractivity (Wildman–Crippen MR) is 233 cm³/mol. The number of fused-ring (bicyclic) bond motifs is 1. The minimum atomic E-state index is 0.0444. The van der Waals surface area contributed by atoms with Crippen molar-refractivity contribution in [3.8, 4) is 78.7 Å². The topological polar surface area (TPSA) is 38.7 Å². The Morgan fingerprint density at radius 2 is 0.589 bits per heavy atom. The van der Waals surface area contributed by atoms with Crippen molar-refractivity contribution in [2.24, 2.45) is 0 Å². The molecule has 0 saturated heterocycles. The molecule has 1 aliphatic carbocycles. The molecule has 7 aromatic carbocycles. The lowest BCUT2D eigenvalue weighted by Gasteiger charge is -2.42. The molecule has 0 radical (unpaired) electrons. The molecule has 3 heteroatoms. The molecule has 1 aromatic heterocycles. The maximum atomic E-state index is 5.36. The third-order valence-corrected chi connectivity index (χ3v) is 11.6. The van der Waals surface area contributed by atoms with Crippen molar-refractivity contribution in [2.45, 2.75) is 51.4 Å². The molecule has 9 rings (SSSR count). The minimum Gasteiger partial charge on any atom is -0.208 e. The molecule has 0 N–H and O–H groups in total. The molecule has 0 atom stereocenters. The van der Waals surface area contributed by atoms with Crippen molar-refractivity contribution in [1.82, 2.24) is 15.0 Å². The quantitative estimate of drug-likeness (QED) is 0.164. The molecular weight excluding hydrogens is 679 g/mol. The zero-order valence-electron chi connectivity index (χ0n) is 32.5. The van der Waals surface area contributed by atoms with Gasteiger partial charge in [0.25, 0.3) is 0 Å². The van der Waals surface area contributed by atoms with E-state index in [1.54, 1.807) is 0 Å². The summed E-state index contributed by atoms with van der Waals surface area (Å²) in [6, 6.07) is 62.6. The first-order chi connectivity index (χ1) is 27.2. The van der Waals surface area contributed by atoms with Gasteiger partial charge in [-0.3, -0.25) is 0 Å².